The zero-order chi connectivity index (χ0) is 12.1. The van der Waals surface area contributed by atoms with Crippen molar-refractivity contribution in [2.75, 3.05) is 13.7 Å². The molecule has 0 saturated carbocycles. The highest BCUT2D eigenvalue weighted by Gasteiger charge is 2.24. The molecule has 0 radical (unpaired) electrons. The van der Waals surface area contributed by atoms with Crippen molar-refractivity contribution in [1.82, 2.24) is 4.90 Å². The van der Waals surface area contributed by atoms with Crippen LogP contribution in [-0.4, -0.2) is 42.6 Å². The topological polar surface area (TPSA) is 46.6 Å². The third-order valence-corrected chi connectivity index (χ3v) is 1.78. The summed E-state index contributed by atoms with van der Waals surface area (Å²) in [5.41, 5.74) is -0.618. The molecule has 0 aliphatic carbocycles. The summed E-state index contributed by atoms with van der Waals surface area (Å²) in [4.78, 5) is 22.8. The molecule has 5 heteroatoms. The Morgan fingerprint density at radius 3 is 2.40 bits per heavy atom. The van der Waals surface area contributed by atoms with Gasteiger partial charge in [-0.15, -0.1) is 0 Å². The van der Waals surface area contributed by atoms with Gasteiger partial charge in [0.25, 0.3) is 0 Å². The third-order valence-electron chi connectivity index (χ3n) is 1.78. The lowest BCUT2D eigenvalue weighted by Crippen LogP contribution is -2.42. The molecule has 0 aliphatic heterocycles. The SMILES string of the molecule is CN(C(=O)OC(C)(C)C)C(CF)CC=O. The van der Waals surface area contributed by atoms with Gasteiger partial charge < -0.3 is 14.4 Å². The second-order valence-electron chi connectivity index (χ2n) is 4.30. The normalized spacial score (nSPS) is 13.1. The fourth-order valence-corrected chi connectivity index (χ4v) is 0.919. The van der Waals surface area contributed by atoms with Crippen LogP contribution in [0.15, 0.2) is 0 Å². The second kappa shape index (κ2) is 5.68. The van der Waals surface area contributed by atoms with Gasteiger partial charge in [-0.3, -0.25) is 0 Å². The van der Waals surface area contributed by atoms with E-state index in [-0.39, 0.29) is 6.42 Å². The minimum atomic E-state index is -0.755. The number of amides is 1. The van der Waals surface area contributed by atoms with Gasteiger partial charge >= 0.3 is 6.09 Å². The van der Waals surface area contributed by atoms with E-state index >= 15 is 0 Å². The minimum absolute atomic E-state index is 0.0216. The van der Waals surface area contributed by atoms with E-state index in [1.54, 1.807) is 20.8 Å². The molecule has 0 N–H and O–H groups in total. The molecule has 15 heavy (non-hydrogen) atoms. The number of nitrogens with zero attached hydrogens (tertiary/aromatic N) is 1. The Labute approximate surface area is 89.4 Å². The van der Waals surface area contributed by atoms with Crippen LogP contribution in [-0.2, 0) is 9.53 Å². The molecule has 1 amide bonds. The molecule has 4 nitrogen and oxygen atoms in total. The van der Waals surface area contributed by atoms with Gasteiger partial charge in [0.15, 0.2) is 0 Å². The van der Waals surface area contributed by atoms with Crippen molar-refractivity contribution < 1.29 is 18.7 Å². The summed E-state index contributed by atoms with van der Waals surface area (Å²) in [6, 6.07) is -0.739. The first-order valence-electron chi connectivity index (χ1n) is 4.77. The molecule has 0 rings (SSSR count). The van der Waals surface area contributed by atoms with E-state index in [1.807, 2.05) is 0 Å². The molecule has 1 unspecified atom stereocenters. The molecule has 0 saturated heterocycles. The summed E-state index contributed by atoms with van der Waals surface area (Å²) < 4.78 is 17.5. The molecule has 0 aromatic heterocycles. The van der Waals surface area contributed by atoms with Gasteiger partial charge in [-0.25, -0.2) is 9.18 Å². The number of halogens is 1. The number of hydrogen-bond donors (Lipinski definition) is 0. The first-order chi connectivity index (χ1) is 6.81. The Morgan fingerprint density at radius 2 is 2.07 bits per heavy atom. The largest absolute Gasteiger partial charge is 0.444 e. The van der Waals surface area contributed by atoms with Crippen LogP contribution in [0.4, 0.5) is 9.18 Å². The van der Waals surface area contributed by atoms with Crippen LogP contribution in [0, 0.1) is 0 Å². The van der Waals surface area contributed by atoms with Gasteiger partial charge in [-0.2, -0.15) is 0 Å². The molecule has 1 atom stereocenters. The molecule has 0 spiro atoms. The zero-order valence-corrected chi connectivity index (χ0v) is 9.62. The maximum absolute atomic E-state index is 12.5. The number of ether oxygens (including phenoxy) is 1. The van der Waals surface area contributed by atoms with Crippen molar-refractivity contribution >= 4 is 12.4 Å². The molecule has 0 aliphatic rings. The summed E-state index contributed by atoms with van der Waals surface area (Å²) in [5.74, 6) is 0. The Kier molecular flexibility index (Phi) is 5.25. The van der Waals surface area contributed by atoms with Crippen LogP contribution in [0.25, 0.3) is 0 Å². The van der Waals surface area contributed by atoms with E-state index in [4.69, 9.17) is 4.74 Å². The average molecular weight is 219 g/mol. The van der Waals surface area contributed by atoms with Gasteiger partial charge in [-0.05, 0) is 20.8 Å². The molecule has 88 valence electrons. The first kappa shape index (κ1) is 13.9. The average Bonchev–Trinajstić information content (AvgIpc) is 2.10. The Morgan fingerprint density at radius 1 is 1.53 bits per heavy atom. The minimum Gasteiger partial charge on any atom is -0.444 e. The molecular weight excluding hydrogens is 201 g/mol. The van der Waals surface area contributed by atoms with E-state index in [1.165, 1.54) is 7.05 Å². The van der Waals surface area contributed by atoms with Crippen molar-refractivity contribution in [3.63, 3.8) is 0 Å². The lowest BCUT2D eigenvalue weighted by atomic mass is 10.2. The lowest BCUT2D eigenvalue weighted by Gasteiger charge is -2.28. The maximum atomic E-state index is 12.5. The van der Waals surface area contributed by atoms with E-state index in [0.29, 0.717) is 6.29 Å². The smallest absolute Gasteiger partial charge is 0.410 e. The number of aldehydes is 1. The van der Waals surface area contributed by atoms with Gasteiger partial charge in [0, 0.05) is 13.5 Å². The molecule has 0 aromatic rings. The Hall–Kier alpha value is -1.13. The van der Waals surface area contributed by atoms with Gasteiger partial charge in [-0.1, -0.05) is 0 Å². The molecule has 0 fully saturated rings. The van der Waals surface area contributed by atoms with Crippen molar-refractivity contribution in [3.8, 4) is 0 Å². The van der Waals surface area contributed by atoms with Crippen LogP contribution in [0.3, 0.4) is 0 Å². The number of alkyl halides is 1. The fourth-order valence-electron chi connectivity index (χ4n) is 0.919. The van der Waals surface area contributed by atoms with Crippen molar-refractivity contribution in [2.45, 2.75) is 38.8 Å². The van der Waals surface area contributed by atoms with Crippen LogP contribution in [0.5, 0.6) is 0 Å². The monoisotopic (exact) mass is 219 g/mol. The standard InChI is InChI=1S/C10H18FNO3/c1-10(2,3)15-9(14)12(4)8(7-11)5-6-13/h6,8H,5,7H2,1-4H3. The number of hydrogen-bond acceptors (Lipinski definition) is 3. The maximum Gasteiger partial charge on any atom is 0.410 e. The number of carbonyl (C=O) groups is 2. The van der Waals surface area contributed by atoms with Crippen LogP contribution >= 0.6 is 0 Å². The lowest BCUT2D eigenvalue weighted by molar-refractivity contribution is -0.108. The number of carbonyl (C=O) groups excluding carboxylic acids is 2. The van der Waals surface area contributed by atoms with Crippen LogP contribution in [0.2, 0.25) is 0 Å². The fraction of sp³-hybridized carbons (Fsp3) is 0.800. The van der Waals surface area contributed by atoms with Gasteiger partial charge in [0.1, 0.15) is 18.6 Å². The summed E-state index contributed by atoms with van der Waals surface area (Å²) >= 11 is 0. The molecule has 0 aromatic carbocycles. The number of rotatable bonds is 4. The van der Waals surface area contributed by atoms with E-state index in [9.17, 15) is 14.0 Å². The Balaban J connectivity index is 4.34. The summed E-state index contributed by atoms with van der Waals surface area (Å²) in [5, 5.41) is 0. The van der Waals surface area contributed by atoms with E-state index in [0.717, 1.165) is 4.90 Å². The zero-order valence-electron chi connectivity index (χ0n) is 9.62. The summed E-state index contributed by atoms with van der Waals surface area (Å²) in [6.07, 6.45) is -0.0517. The highest BCUT2D eigenvalue weighted by Crippen LogP contribution is 2.11. The molecule has 0 bridgehead atoms. The summed E-state index contributed by atoms with van der Waals surface area (Å²) in [7, 11) is 1.42. The third kappa shape index (κ3) is 5.34. The highest BCUT2D eigenvalue weighted by molar-refractivity contribution is 5.68. The quantitative estimate of drug-likeness (QED) is 0.677. The predicted molar refractivity (Wildman–Crippen MR) is 54.4 cm³/mol. The summed E-state index contributed by atoms with van der Waals surface area (Å²) in [6.45, 7) is 4.42. The van der Waals surface area contributed by atoms with Gasteiger partial charge in [0.05, 0.1) is 6.04 Å². The van der Waals surface area contributed by atoms with Crippen LogP contribution in [0.1, 0.15) is 27.2 Å². The van der Waals surface area contributed by atoms with Crippen molar-refractivity contribution in [2.24, 2.45) is 0 Å². The van der Waals surface area contributed by atoms with Crippen molar-refractivity contribution in [3.05, 3.63) is 0 Å². The van der Waals surface area contributed by atoms with Crippen molar-refractivity contribution in [1.29, 1.82) is 0 Å². The second-order valence-corrected chi connectivity index (χ2v) is 4.30. The molecular formula is C10H18FNO3. The van der Waals surface area contributed by atoms with E-state index in [2.05, 4.69) is 0 Å². The van der Waals surface area contributed by atoms with E-state index < -0.39 is 24.4 Å². The van der Waals surface area contributed by atoms with Crippen LogP contribution < -0.4 is 0 Å². The molecule has 0 heterocycles. The predicted octanol–water partition coefficient (Wildman–Crippen LogP) is 1.78. The van der Waals surface area contributed by atoms with Gasteiger partial charge in [0.2, 0.25) is 0 Å². The highest BCUT2D eigenvalue weighted by atomic mass is 19.1. The first-order valence-corrected chi connectivity index (χ1v) is 4.77. The Bertz CT molecular complexity index is 225.